The number of hydrogen-bond donors (Lipinski definition) is 2. The monoisotopic (exact) mass is 506 g/mol. The van der Waals surface area contributed by atoms with Gasteiger partial charge >= 0.3 is 0 Å². The fourth-order valence-corrected chi connectivity index (χ4v) is 6.22. The smallest absolute Gasteiger partial charge is 0.0875 e. The van der Waals surface area contributed by atoms with Crippen LogP contribution in [0.25, 0.3) is 44.9 Å². The summed E-state index contributed by atoms with van der Waals surface area (Å²) in [6.07, 6.45) is 10.5. The molecule has 0 aliphatic carbocycles. The minimum absolute atomic E-state index is 0.973. The van der Waals surface area contributed by atoms with Gasteiger partial charge in [0.05, 0.1) is 28.3 Å². The van der Waals surface area contributed by atoms with E-state index >= 15 is 0 Å². The molecule has 8 bridgehead atoms. The highest BCUT2D eigenvalue weighted by Gasteiger charge is 2.19. The van der Waals surface area contributed by atoms with Crippen LogP contribution in [-0.2, 0) is 19.3 Å². The van der Waals surface area contributed by atoms with Gasteiger partial charge < -0.3 is 9.97 Å². The van der Waals surface area contributed by atoms with Crippen molar-refractivity contribution in [3.63, 3.8) is 0 Å². The molecule has 198 valence electrons. The van der Waals surface area contributed by atoms with Crippen LogP contribution in [0.1, 0.15) is 113 Å². The van der Waals surface area contributed by atoms with E-state index in [1.807, 2.05) is 0 Å². The van der Waals surface area contributed by atoms with Crippen LogP contribution in [0.15, 0.2) is 30.3 Å². The third-order valence-corrected chi connectivity index (χ3v) is 8.02. The maximum absolute atomic E-state index is 5.19. The molecule has 3 aromatic heterocycles. The number of aromatic amines is 2. The number of fused-ring (bicyclic) bond motifs is 9. The van der Waals surface area contributed by atoms with Gasteiger partial charge in [-0.3, -0.25) is 0 Å². The minimum atomic E-state index is 0.973. The van der Waals surface area contributed by atoms with E-state index in [9.17, 15) is 0 Å². The molecule has 4 nitrogen and oxygen atoms in total. The summed E-state index contributed by atoms with van der Waals surface area (Å²) < 4.78 is 0. The van der Waals surface area contributed by atoms with Gasteiger partial charge in [0.15, 0.2) is 0 Å². The van der Waals surface area contributed by atoms with Crippen molar-refractivity contribution in [3.8, 4) is 0 Å². The van der Waals surface area contributed by atoms with Crippen molar-refractivity contribution in [2.24, 2.45) is 0 Å². The van der Waals surface area contributed by atoms with Gasteiger partial charge in [0, 0.05) is 16.6 Å². The van der Waals surface area contributed by atoms with Crippen molar-refractivity contribution in [3.05, 3.63) is 69.8 Å². The maximum Gasteiger partial charge on any atom is 0.0875 e. The van der Waals surface area contributed by atoms with E-state index in [-0.39, 0.29) is 0 Å². The van der Waals surface area contributed by atoms with Crippen molar-refractivity contribution >= 4 is 44.9 Å². The maximum atomic E-state index is 5.19. The van der Waals surface area contributed by atoms with Gasteiger partial charge in [-0.2, -0.15) is 0 Å². The summed E-state index contributed by atoms with van der Waals surface area (Å²) in [5.74, 6) is 0. The zero-order valence-corrected chi connectivity index (χ0v) is 24.0. The third-order valence-electron chi connectivity index (χ3n) is 8.02. The van der Waals surface area contributed by atoms with Gasteiger partial charge in [0.1, 0.15) is 0 Å². The predicted octanol–water partition coefficient (Wildman–Crippen LogP) is 9.46. The number of nitrogens with zero attached hydrogens (tertiary/aromatic N) is 2. The zero-order chi connectivity index (χ0) is 26.8. The molecule has 0 saturated heterocycles. The second kappa shape index (κ2) is 11.1. The molecule has 5 heterocycles. The Kier molecular flexibility index (Phi) is 7.69. The van der Waals surface area contributed by atoms with Crippen LogP contribution in [0.2, 0.25) is 0 Å². The third kappa shape index (κ3) is 4.66. The summed E-state index contributed by atoms with van der Waals surface area (Å²) in [5.41, 5.74) is 17.1. The van der Waals surface area contributed by atoms with Crippen LogP contribution in [0.4, 0.5) is 0 Å². The fourth-order valence-electron chi connectivity index (χ4n) is 6.22. The van der Waals surface area contributed by atoms with Gasteiger partial charge in [0.25, 0.3) is 0 Å². The lowest BCUT2D eigenvalue weighted by Gasteiger charge is -2.03. The summed E-state index contributed by atoms with van der Waals surface area (Å²) in [5, 5.41) is 0. The summed E-state index contributed by atoms with van der Waals surface area (Å²) in [6, 6.07) is 11.3. The predicted molar refractivity (Wildman–Crippen MR) is 164 cm³/mol. The molecule has 2 aliphatic rings. The SMILES string of the molecule is CCCC1=Cc2nc1ccc1nc(cc3[nH]c(cc4[nH]c2cc4CCC)c(CC)c3CC)C(CC)=C1CC. The topological polar surface area (TPSA) is 57.4 Å². The average Bonchev–Trinajstić information content (AvgIpc) is 3.66. The van der Waals surface area contributed by atoms with Gasteiger partial charge in [-0.15, -0.1) is 0 Å². The Morgan fingerprint density at radius 3 is 1.87 bits per heavy atom. The van der Waals surface area contributed by atoms with Gasteiger partial charge in [-0.25, -0.2) is 9.97 Å². The Morgan fingerprint density at radius 2 is 1.21 bits per heavy atom. The van der Waals surface area contributed by atoms with Gasteiger partial charge in [-0.05, 0) is 108 Å². The van der Waals surface area contributed by atoms with E-state index < -0.39 is 0 Å². The Morgan fingerprint density at radius 1 is 0.579 bits per heavy atom. The Bertz CT molecular complexity index is 1580. The van der Waals surface area contributed by atoms with Gasteiger partial charge in [-0.1, -0.05) is 54.4 Å². The molecule has 0 radical (unpaired) electrons. The molecule has 2 aliphatic heterocycles. The van der Waals surface area contributed by atoms with E-state index in [0.29, 0.717) is 0 Å². The number of aryl methyl sites for hydroxylation is 3. The number of allylic oxidation sites excluding steroid dienone is 3. The Labute approximate surface area is 227 Å². The molecule has 2 N–H and O–H groups in total. The molecule has 4 heteroatoms. The lowest BCUT2D eigenvalue weighted by Crippen LogP contribution is -1.86. The van der Waals surface area contributed by atoms with Crippen molar-refractivity contribution in [2.75, 3.05) is 0 Å². The van der Waals surface area contributed by atoms with Crippen molar-refractivity contribution in [2.45, 2.75) is 92.9 Å². The molecular formula is C34H42N4. The molecule has 0 saturated carbocycles. The summed E-state index contributed by atoms with van der Waals surface area (Å²) in [7, 11) is 0. The second-order valence-electron chi connectivity index (χ2n) is 10.5. The molecular weight excluding hydrogens is 464 g/mol. The highest BCUT2D eigenvalue weighted by Crippen LogP contribution is 2.36. The zero-order valence-electron chi connectivity index (χ0n) is 24.0. The van der Waals surface area contributed by atoms with E-state index in [4.69, 9.17) is 9.97 Å². The summed E-state index contributed by atoms with van der Waals surface area (Å²) >= 11 is 0. The van der Waals surface area contributed by atoms with E-state index in [2.05, 4.69) is 87.9 Å². The molecule has 0 fully saturated rings. The van der Waals surface area contributed by atoms with Crippen LogP contribution in [-0.4, -0.2) is 19.9 Å². The molecule has 0 aromatic carbocycles. The largest absolute Gasteiger partial charge is 0.355 e. The molecule has 0 spiro atoms. The van der Waals surface area contributed by atoms with Gasteiger partial charge in [0.2, 0.25) is 0 Å². The summed E-state index contributed by atoms with van der Waals surface area (Å²) in [6.45, 7) is 13.5. The van der Waals surface area contributed by atoms with Crippen LogP contribution < -0.4 is 0 Å². The normalized spacial score (nSPS) is 13.4. The first-order valence-electron chi connectivity index (χ1n) is 14.7. The Balaban J connectivity index is 1.94. The number of hydrogen-bond acceptors (Lipinski definition) is 2. The minimum Gasteiger partial charge on any atom is -0.355 e. The highest BCUT2D eigenvalue weighted by atomic mass is 14.8. The number of rotatable bonds is 8. The number of nitrogens with one attached hydrogen (secondary N) is 2. The van der Waals surface area contributed by atoms with Crippen LogP contribution in [0.3, 0.4) is 0 Å². The van der Waals surface area contributed by atoms with E-state index in [1.54, 1.807) is 0 Å². The lowest BCUT2D eigenvalue weighted by molar-refractivity contribution is 0.931. The van der Waals surface area contributed by atoms with E-state index in [0.717, 1.165) is 79.7 Å². The van der Waals surface area contributed by atoms with E-state index in [1.165, 1.54) is 50.0 Å². The van der Waals surface area contributed by atoms with Crippen molar-refractivity contribution in [1.82, 2.24) is 19.9 Å². The first-order valence-corrected chi connectivity index (χ1v) is 14.7. The van der Waals surface area contributed by atoms with Crippen LogP contribution >= 0.6 is 0 Å². The highest BCUT2D eigenvalue weighted by molar-refractivity contribution is 5.93. The molecule has 0 atom stereocenters. The van der Waals surface area contributed by atoms with Crippen LogP contribution in [0, 0.1) is 0 Å². The average molecular weight is 507 g/mol. The molecule has 5 rings (SSSR count). The molecule has 38 heavy (non-hydrogen) atoms. The molecule has 0 unspecified atom stereocenters. The fraction of sp³-hybridized carbons (Fsp3) is 0.412. The first-order chi connectivity index (χ1) is 18.5. The second-order valence-corrected chi connectivity index (χ2v) is 10.5. The lowest BCUT2D eigenvalue weighted by atomic mass is 10.00. The first kappa shape index (κ1) is 26.2. The van der Waals surface area contributed by atoms with Crippen LogP contribution in [0.5, 0.6) is 0 Å². The van der Waals surface area contributed by atoms with Crippen molar-refractivity contribution in [1.29, 1.82) is 0 Å². The Hall–Kier alpha value is -3.40. The quantitative estimate of drug-likeness (QED) is 0.320. The molecule has 0 amide bonds. The molecule has 3 aromatic rings. The van der Waals surface area contributed by atoms with Crippen molar-refractivity contribution < 1.29 is 0 Å². The standard InChI is InChI=1S/C34H42N4/c1-7-13-21-17-33-34-18-22(14-8-2)29(37-34)19-30-25(11-5)26(12-6)32(38-30)20-31-24(10-4)23(9-3)28(36-31)16-15-27(21)35-33/h15-20,37-38H,7-14H2,1-6H3. The number of aromatic nitrogens is 4. The summed E-state index contributed by atoms with van der Waals surface area (Å²) in [4.78, 5) is 17.9. The number of H-pyrrole nitrogens is 2.